The number of nitrogens with zero attached hydrogens (tertiary/aromatic N) is 2. The highest BCUT2D eigenvalue weighted by molar-refractivity contribution is 5.75. The second kappa shape index (κ2) is 21.1. The first kappa shape index (κ1) is 33.2. The third-order valence-electron chi connectivity index (χ3n) is 8.67. The Morgan fingerprint density at radius 2 is 1.31 bits per heavy atom. The molecule has 0 radical (unpaired) electrons. The van der Waals surface area contributed by atoms with Crippen LogP contribution in [0.1, 0.15) is 157 Å². The van der Waals surface area contributed by atoms with Gasteiger partial charge in [0, 0.05) is 30.7 Å². The summed E-state index contributed by atoms with van der Waals surface area (Å²) in [6.07, 6.45) is 24.4. The van der Waals surface area contributed by atoms with Gasteiger partial charge in [0.15, 0.2) is 0 Å². The van der Waals surface area contributed by atoms with E-state index in [1.165, 1.54) is 134 Å². The molecule has 0 aliphatic heterocycles. The lowest BCUT2D eigenvalue weighted by atomic mass is 9.86. The number of rotatable bonds is 23. The molecule has 1 saturated carbocycles. The fraction of sp³-hybridized carbons (Fsp3) is 0.909. The van der Waals surface area contributed by atoms with Crippen LogP contribution in [0.2, 0.25) is 0 Å². The molecule has 0 aromatic carbocycles. The molecule has 3 heteroatoms. The van der Waals surface area contributed by atoms with Crippen molar-refractivity contribution < 1.29 is 4.79 Å². The van der Waals surface area contributed by atoms with Gasteiger partial charge in [0.2, 0.25) is 0 Å². The van der Waals surface area contributed by atoms with Crippen molar-refractivity contribution in [1.29, 1.82) is 0 Å². The maximum Gasteiger partial charge on any atom is 0.129 e. The van der Waals surface area contributed by atoms with E-state index in [1.807, 2.05) is 0 Å². The topological polar surface area (TPSA) is 23.6 Å². The van der Waals surface area contributed by atoms with Gasteiger partial charge in [-0.15, -0.1) is 0 Å². The van der Waals surface area contributed by atoms with Crippen LogP contribution in [0.3, 0.4) is 0 Å². The Hall–Kier alpha value is -0.830. The summed E-state index contributed by atoms with van der Waals surface area (Å²) < 4.78 is 0. The van der Waals surface area contributed by atoms with Crippen LogP contribution < -0.4 is 0 Å². The molecule has 1 rings (SSSR count). The summed E-state index contributed by atoms with van der Waals surface area (Å²) in [7, 11) is 0. The molecule has 3 nitrogen and oxygen atoms in total. The van der Waals surface area contributed by atoms with Crippen LogP contribution in [0.5, 0.6) is 0 Å². The van der Waals surface area contributed by atoms with Crippen molar-refractivity contribution in [1.82, 2.24) is 9.80 Å². The largest absolute Gasteiger partial charge is 0.373 e. The van der Waals surface area contributed by atoms with Crippen LogP contribution in [-0.2, 0) is 4.79 Å². The number of hydrogen-bond donors (Lipinski definition) is 0. The van der Waals surface area contributed by atoms with Gasteiger partial charge in [0.25, 0.3) is 0 Å². The van der Waals surface area contributed by atoms with Gasteiger partial charge < -0.3 is 14.6 Å². The van der Waals surface area contributed by atoms with Crippen molar-refractivity contribution in [3.63, 3.8) is 0 Å². The van der Waals surface area contributed by atoms with E-state index >= 15 is 0 Å². The highest BCUT2D eigenvalue weighted by Crippen LogP contribution is 2.28. The average molecular weight is 505 g/mol. The lowest BCUT2D eigenvalue weighted by Gasteiger charge is -2.36. The van der Waals surface area contributed by atoms with Crippen LogP contribution in [0.15, 0.2) is 12.3 Å². The number of carbonyl (C=O) groups excluding carboxylic acids is 1. The molecule has 1 fully saturated rings. The van der Waals surface area contributed by atoms with Crippen LogP contribution in [0.4, 0.5) is 0 Å². The average Bonchev–Trinajstić information content (AvgIpc) is 2.86. The second-order valence-electron chi connectivity index (χ2n) is 12.1. The minimum atomic E-state index is 0.345. The molecule has 0 spiro atoms. The van der Waals surface area contributed by atoms with E-state index in [0.29, 0.717) is 11.8 Å². The summed E-state index contributed by atoms with van der Waals surface area (Å²) in [5.41, 5.74) is 1.37. The lowest BCUT2D eigenvalue weighted by molar-refractivity contribution is -0.117. The molecular formula is C33H64N2O. The molecule has 1 aliphatic rings. The Bertz CT molecular complexity index is 552. The van der Waals surface area contributed by atoms with Crippen molar-refractivity contribution in [3.05, 3.63) is 12.3 Å². The smallest absolute Gasteiger partial charge is 0.129 e. The summed E-state index contributed by atoms with van der Waals surface area (Å²) in [6.45, 7) is 19.3. The number of ketones is 1. The van der Waals surface area contributed by atoms with Crippen LogP contribution >= 0.6 is 0 Å². The molecular weight excluding hydrogens is 440 g/mol. The van der Waals surface area contributed by atoms with Crippen molar-refractivity contribution in [3.8, 4) is 0 Å². The van der Waals surface area contributed by atoms with E-state index in [9.17, 15) is 4.79 Å². The molecule has 1 atom stereocenters. The number of unbranched alkanes of at least 4 members (excludes halogenated alkanes) is 9. The van der Waals surface area contributed by atoms with E-state index in [2.05, 4.69) is 44.1 Å². The van der Waals surface area contributed by atoms with E-state index in [1.54, 1.807) is 6.92 Å². The van der Waals surface area contributed by atoms with E-state index in [-0.39, 0.29) is 0 Å². The summed E-state index contributed by atoms with van der Waals surface area (Å²) in [5.74, 6) is 1.27. The zero-order valence-electron chi connectivity index (χ0n) is 25.3. The third-order valence-corrected chi connectivity index (χ3v) is 8.67. The van der Waals surface area contributed by atoms with Gasteiger partial charge in [0.1, 0.15) is 5.78 Å². The Morgan fingerprint density at radius 1 is 0.778 bits per heavy atom. The maximum atomic E-state index is 11.1. The van der Waals surface area contributed by atoms with E-state index in [0.717, 1.165) is 24.8 Å². The van der Waals surface area contributed by atoms with Gasteiger partial charge in [-0.1, -0.05) is 72.3 Å². The fourth-order valence-electron chi connectivity index (χ4n) is 5.86. The zero-order valence-corrected chi connectivity index (χ0v) is 25.3. The number of hydrogen-bond acceptors (Lipinski definition) is 3. The predicted molar refractivity (Wildman–Crippen MR) is 160 cm³/mol. The molecule has 0 heterocycles. The van der Waals surface area contributed by atoms with Gasteiger partial charge in [-0.05, 0) is 103 Å². The second-order valence-corrected chi connectivity index (χ2v) is 12.1. The molecule has 1 unspecified atom stereocenters. The minimum absolute atomic E-state index is 0.345. The van der Waals surface area contributed by atoms with Crippen molar-refractivity contribution in [2.45, 2.75) is 169 Å². The Morgan fingerprint density at radius 3 is 1.83 bits per heavy atom. The SMILES string of the molecule is C=C(CCCCCCCN(CCCCCCCC(C)=O)C1CCC(C)CC1)N(CCCC)C(C)CC. The monoisotopic (exact) mass is 505 g/mol. The number of allylic oxidation sites excluding steroid dienone is 1. The summed E-state index contributed by atoms with van der Waals surface area (Å²) in [4.78, 5) is 16.6. The zero-order chi connectivity index (χ0) is 26.6. The first-order chi connectivity index (χ1) is 17.4. The van der Waals surface area contributed by atoms with Crippen LogP contribution in [-0.4, -0.2) is 47.3 Å². The van der Waals surface area contributed by atoms with Crippen molar-refractivity contribution in [2.24, 2.45) is 5.92 Å². The molecule has 36 heavy (non-hydrogen) atoms. The number of Topliss-reactive ketones (excluding diaryl/α,β-unsaturated/α-hetero) is 1. The van der Waals surface area contributed by atoms with Crippen LogP contribution in [0, 0.1) is 5.92 Å². The minimum Gasteiger partial charge on any atom is -0.373 e. The molecule has 0 saturated heterocycles. The Balaban J connectivity index is 2.27. The van der Waals surface area contributed by atoms with Crippen LogP contribution in [0.25, 0.3) is 0 Å². The molecule has 212 valence electrons. The van der Waals surface area contributed by atoms with Gasteiger partial charge in [-0.25, -0.2) is 0 Å². The first-order valence-electron chi connectivity index (χ1n) is 16.1. The maximum absolute atomic E-state index is 11.1. The van der Waals surface area contributed by atoms with Crippen molar-refractivity contribution >= 4 is 5.78 Å². The Kier molecular flexibility index (Phi) is 19.5. The lowest BCUT2D eigenvalue weighted by Crippen LogP contribution is -2.39. The highest BCUT2D eigenvalue weighted by Gasteiger charge is 2.23. The predicted octanol–water partition coefficient (Wildman–Crippen LogP) is 9.55. The van der Waals surface area contributed by atoms with E-state index < -0.39 is 0 Å². The number of carbonyl (C=O) groups is 1. The van der Waals surface area contributed by atoms with Gasteiger partial charge >= 0.3 is 0 Å². The van der Waals surface area contributed by atoms with E-state index in [4.69, 9.17) is 0 Å². The Labute approximate surface area is 226 Å². The molecule has 1 aliphatic carbocycles. The van der Waals surface area contributed by atoms with Crippen molar-refractivity contribution in [2.75, 3.05) is 19.6 Å². The van der Waals surface area contributed by atoms with Gasteiger partial charge in [-0.3, -0.25) is 0 Å². The molecule has 0 aromatic rings. The first-order valence-corrected chi connectivity index (χ1v) is 16.1. The van der Waals surface area contributed by atoms with Gasteiger partial charge in [0.05, 0.1) is 0 Å². The fourth-order valence-corrected chi connectivity index (χ4v) is 5.86. The van der Waals surface area contributed by atoms with Gasteiger partial charge in [-0.2, -0.15) is 0 Å². The molecule has 0 aromatic heterocycles. The normalized spacial score (nSPS) is 18.9. The quantitative estimate of drug-likeness (QED) is 0.129. The third kappa shape index (κ3) is 15.4. The summed E-state index contributed by atoms with van der Waals surface area (Å²) in [5, 5.41) is 0. The molecule has 0 N–H and O–H groups in total. The summed E-state index contributed by atoms with van der Waals surface area (Å²) >= 11 is 0. The standard InChI is InChI=1S/C33H64N2O/c1-7-9-28-35(30(4)8-2)31(5)20-16-12-10-14-18-26-34(33-24-22-29(3)23-25-33)27-19-15-11-13-17-21-32(6)36/h29-30,33H,5,7-28H2,1-4,6H3. The highest BCUT2D eigenvalue weighted by atomic mass is 16.1. The summed E-state index contributed by atoms with van der Waals surface area (Å²) in [6, 6.07) is 1.45. The molecule has 0 amide bonds. The molecule has 0 bridgehead atoms.